The summed E-state index contributed by atoms with van der Waals surface area (Å²) in [6.07, 6.45) is 0.831. The standard InChI is InChI=1S/C11H18N2O2/c1-4-9(6-12)13-11(14)10-5-7(2)15-8(10)3/h5,9H,4,6,12H2,1-3H3,(H,13,14). The third-order valence-electron chi connectivity index (χ3n) is 2.40. The van der Waals surface area contributed by atoms with Crippen molar-refractivity contribution in [3.05, 3.63) is 23.2 Å². The van der Waals surface area contributed by atoms with Gasteiger partial charge >= 0.3 is 0 Å². The molecule has 0 aliphatic carbocycles. The van der Waals surface area contributed by atoms with Gasteiger partial charge in [-0.25, -0.2) is 0 Å². The van der Waals surface area contributed by atoms with Crippen molar-refractivity contribution in [1.29, 1.82) is 0 Å². The maximum Gasteiger partial charge on any atom is 0.255 e. The summed E-state index contributed by atoms with van der Waals surface area (Å²) in [7, 11) is 0. The zero-order valence-corrected chi connectivity index (χ0v) is 9.46. The van der Waals surface area contributed by atoms with E-state index in [2.05, 4.69) is 5.32 Å². The van der Waals surface area contributed by atoms with Gasteiger partial charge in [-0.3, -0.25) is 4.79 Å². The predicted molar refractivity (Wildman–Crippen MR) is 58.8 cm³/mol. The first-order valence-corrected chi connectivity index (χ1v) is 5.16. The number of hydrogen-bond donors (Lipinski definition) is 2. The van der Waals surface area contributed by atoms with Crippen LogP contribution in [0.5, 0.6) is 0 Å². The largest absolute Gasteiger partial charge is 0.466 e. The molecule has 0 fully saturated rings. The van der Waals surface area contributed by atoms with Gasteiger partial charge in [0.15, 0.2) is 0 Å². The van der Waals surface area contributed by atoms with Crippen LogP contribution in [0.25, 0.3) is 0 Å². The van der Waals surface area contributed by atoms with Crippen molar-refractivity contribution in [1.82, 2.24) is 5.32 Å². The van der Waals surface area contributed by atoms with Crippen molar-refractivity contribution in [2.75, 3.05) is 6.54 Å². The fourth-order valence-electron chi connectivity index (χ4n) is 1.45. The van der Waals surface area contributed by atoms with E-state index in [1.807, 2.05) is 13.8 Å². The molecule has 1 aromatic rings. The van der Waals surface area contributed by atoms with Gasteiger partial charge in [-0.05, 0) is 26.3 Å². The Balaban J connectivity index is 2.72. The Kier molecular flexibility index (Phi) is 3.91. The lowest BCUT2D eigenvalue weighted by Crippen LogP contribution is -2.39. The normalized spacial score (nSPS) is 12.5. The second kappa shape index (κ2) is 4.98. The zero-order chi connectivity index (χ0) is 11.4. The number of amides is 1. The number of nitrogens with two attached hydrogens (primary N) is 1. The lowest BCUT2D eigenvalue weighted by Gasteiger charge is -2.13. The van der Waals surface area contributed by atoms with Crippen LogP contribution in [0.2, 0.25) is 0 Å². The van der Waals surface area contributed by atoms with Gasteiger partial charge in [0.05, 0.1) is 5.56 Å². The summed E-state index contributed by atoms with van der Waals surface area (Å²) in [6, 6.07) is 1.78. The van der Waals surface area contributed by atoms with Gasteiger partial charge < -0.3 is 15.5 Å². The summed E-state index contributed by atoms with van der Waals surface area (Å²) < 4.78 is 5.29. The van der Waals surface area contributed by atoms with Gasteiger partial charge in [-0.2, -0.15) is 0 Å². The first-order valence-electron chi connectivity index (χ1n) is 5.16. The van der Waals surface area contributed by atoms with Crippen molar-refractivity contribution in [2.24, 2.45) is 5.73 Å². The Morgan fingerprint density at radius 1 is 1.60 bits per heavy atom. The topological polar surface area (TPSA) is 68.3 Å². The maximum absolute atomic E-state index is 11.8. The van der Waals surface area contributed by atoms with Crippen LogP contribution in [0.1, 0.15) is 35.2 Å². The summed E-state index contributed by atoms with van der Waals surface area (Å²) in [6.45, 7) is 6.05. The molecular weight excluding hydrogens is 192 g/mol. The number of hydrogen-bond acceptors (Lipinski definition) is 3. The van der Waals surface area contributed by atoms with E-state index in [9.17, 15) is 4.79 Å². The third-order valence-corrected chi connectivity index (χ3v) is 2.40. The first kappa shape index (κ1) is 11.8. The molecule has 0 aliphatic rings. The molecule has 0 saturated carbocycles. The van der Waals surface area contributed by atoms with E-state index in [0.717, 1.165) is 12.2 Å². The van der Waals surface area contributed by atoms with E-state index < -0.39 is 0 Å². The first-order chi connectivity index (χ1) is 7.08. The summed E-state index contributed by atoms with van der Waals surface area (Å²) >= 11 is 0. The van der Waals surface area contributed by atoms with Crippen molar-refractivity contribution in [3.8, 4) is 0 Å². The van der Waals surface area contributed by atoms with Crippen molar-refractivity contribution in [3.63, 3.8) is 0 Å². The van der Waals surface area contributed by atoms with E-state index in [-0.39, 0.29) is 11.9 Å². The summed E-state index contributed by atoms with van der Waals surface area (Å²) in [5, 5.41) is 2.86. The minimum Gasteiger partial charge on any atom is -0.466 e. The van der Waals surface area contributed by atoms with E-state index >= 15 is 0 Å². The Morgan fingerprint density at radius 3 is 2.67 bits per heavy atom. The molecule has 1 amide bonds. The second-order valence-electron chi connectivity index (χ2n) is 3.64. The predicted octanol–water partition coefficient (Wildman–Crippen LogP) is 1.36. The van der Waals surface area contributed by atoms with Crippen LogP contribution in [0.15, 0.2) is 10.5 Å². The highest BCUT2D eigenvalue weighted by molar-refractivity contribution is 5.95. The molecule has 3 N–H and O–H groups in total. The van der Waals surface area contributed by atoms with E-state index in [1.165, 1.54) is 0 Å². The molecule has 15 heavy (non-hydrogen) atoms. The zero-order valence-electron chi connectivity index (χ0n) is 9.46. The van der Waals surface area contributed by atoms with Crippen LogP contribution in [0.3, 0.4) is 0 Å². The molecule has 0 spiro atoms. The van der Waals surface area contributed by atoms with Crippen LogP contribution in [0, 0.1) is 13.8 Å². The molecule has 84 valence electrons. The van der Waals surface area contributed by atoms with E-state index in [0.29, 0.717) is 17.9 Å². The van der Waals surface area contributed by atoms with Crippen molar-refractivity contribution >= 4 is 5.91 Å². The minimum absolute atomic E-state index is 0.0344. The molecule has 0 saturated heterocycles. The van der Waals surface area contributed by atoms with Gasteiger partial charge in [0.2, 0.25) is 0 Å². The molecule has 1 atom stereocenters. The molecule has 1 heterocycles. The summed E-state index contributed by atoms with van der Waals surface area (Å²) in [5.74, 6) is 1.29. The van der Waals surface area contributed by atoms with Gasteiger partial charge in [-0.15, -0.1) is 0 Å². The van der Waals surface area contributed by atoms with Crippen molar-refractivity contribution < 1.29 is 9.21 Å². The SMILES string of the molecule is CCC(CN)NC(=O)c1cc(C)oc1C. The Labute approximate surface area is 89.8 Å². The smallest absolute Gasteiger partial charge is 0.255 e. The highest BCUT2D eigenvalue weighted by atomic mass is 16.3. The third kappa shape index (κ3) is 2.83. The molecule has 0 radical (unpaired) electrons. The number of aryl methyl sites for hydroxylation is 2. The Morgan fingerprint density at radius 2 is 2.27 bits per heavy atom. The van der Waals surface area contributed by atoms with Gasteiger partial charge in [-0.1, -0.05) is 6.92 Å². The molecule has 0 aromatic carbocycles. The number of carbonyl (C=O) groups excluding carboxylic acids is 1. The molecular formula is C11H18N2O2. The fourth-order valence-corrected chi connectivity index (χ4v) is 1.45. The highest BCUT2D eigenvalue weighted by Crippen LogP contribution is 2.13. The molecule has 1 unspecified atom stereocenters. The van der Waals surface area contributed by atoms with Gasteiger partial charge in [0.1, 0.15) is 11.5 Å². The highest BCUT2D eigenvalue weighted by Gasteiger charge is 2.15. The monoisotopic (exact) mass is 210 g/mol. The lowest BCUT2D eigenvalue weighted by molar-refractivity contribution is 0.0935. The number of carbonyl (C=O) groups is 1. The molecule has 1 aromatic heterocycles. The van der Waals surface area contributed by atoms with Crippen LogP contribution in [0.4, 0.5) is 0 Å². The lowest BCUT2D eigenvalue weighted by atomic mass is 10.2. The second-order valence-corrected chi connectivity index (χ2v) is 3.64. The number of rotatable bonds is 4. The summed E-state index contributed by atoms with van der Waals surface area (Å²) in [5.41, 5.74) is 6.11. The van der Waals surface area contributed by atoms with Crippen LogP contribution >= 0.6 is 0 Å². The Bertz CT molecular complexity index is 340. The van der Waals surface area contributed by atoms with Gasteiger partial charge in [0.25, 0.3) is 5.91 Å². The molecule has 0 bridgehead atoms. The quantitative estimate of drug-likeness (QED) is 0.788. The molecule has 4 heteroatoms. The van der Waals surface area contributed by atoms with Gasteiger partial charge in [0, 0.05) is 12.6 Å². The number of nitrogens with one attached hydrogen (secondary N) is 1. The number of furan rings is 1. The van der Waals surface area contributed by atoms with Crippen LogP contribution in [-0.4, -0.2) is 18.5 Å². The average molecular weight is 210 g/mol. The fraction of sp³-hybridized carbons (Fsp3) is 0.545. The van der Waals surface area contributed by atoms with E-state index in [1.54, 1.807) is 13.0 Å². The van der Waals surface area contributed by atoms with E-state index in [4.69, 9.17) is 10.2 Å². The minimum atomic E-state index is -0.110. The van der Waals surface area contributed by atoms with Crippen LogP contribution in [-0.2, 0) is 0 Å². The average Bonchev–Trinajstić information content (AvgIpc) is 2.54. The maximum atomic E-state index is 11.8. The van der Waals surface area contributed by atoms with Crippen molar-refractivity contribution in [2.45, 2.75) is 33.2 Å². The molecule has 1 rings (SSSR count). The Hall–Kier alpha value is -1.29. The molecule has 4 nitrogen and oxygen atoms in total. The summed E-state index contributed by atoms with van der Waals surface area (Å²) in [4.78, 5) is 11.8. The van der Waals surface area contributed by atoms with Crippen LogP contribution < -0.4 is 11.1 Å². The molecule has 0 aliphatic heterocycles.